The van der Waals surface area contributed by atoms with Crippen LogP contribution >= 0.6 is 0 Å². The van der Waals surface area contributed by atoms with Crippen molar-refractivity contribution in [2.45, 2.75) is 26.2 Å². The predicted octanol–water partition coefficient (Wildman–Crippen LogP) is 6.00. The second-order valence-electron chi connectivity index (χ2n) is 8.33. The SMILES string of the molecule is Cc1ccc(-c2nn3c4cc(N5CCCCC5)ccc4nc3c3ccccc23)cc1. The molecule has 0 unspecified atom stereocenters. The summed E-state index contributed by atoms with van der Waals surface area (Å²) in [6.07, 6.45) is 3.87. The number of benzene rings is 3. The van der Waals surface area contributed by atoms with E-state index in [4.69, 9.17) is 10.1 Å². The highest BCUT2D eigenvalue weighted by atomic mass is 15.3. The molecule has 0 amide bonds. The van der Waals surface area contributed by atoms with Gasteiger partial charge in [0.15, 0.2) is 5.65 Å². The first kappa shape index (κ1) is 17.5. The monoisotopic (exact) mass is 392 g/mol. The number of anilines is 1. The van der Waals surface area contributed by atoms with Crippen molar-refractivity contribution < 1.29 is 0 Å². The van der Waals surface area contributed by atoms with Crippen LogP contribution in [-0.2, 0) is 0 Å². The number of aryl methyl sites for hydroxylation is 1. The number of imidazole rings is 1. The molecule has 0 radical (unpaired) electrons. The van der Waals surface area contributed by atoms with Gasteiger partial charge >= 0.3 is 0 Å². The van der Waals surface area contributed by atoms with Crippen LogP contribution in [0.5, 0.6) is 0 Å². The van der Waals surface area contributed by atoms with Crippen LogP contribution in [-0.4, -0.2) is 27.7 Å². The highest BCUT2D eigenvalue weighted by Gasteiger charge is 2.17. The average molecular weight is 393 g/mol. The molecular weight excluding hydrogens is 368 g/mol. The van der Waals surface area contributed by atoms with Crippen molar-refractivity contribution in [3.63, 3.8) is 0 Å². The van der Waals surface area contributed by atoms with Crippen molar-refractivity contribution in [3.8, 4) is 11.3 Å². The molecule has 0 bridgehead atoms. The number of rotatable bonds is 2. The lowest BCUT2D eigenvalue weighted by atomic mass is 10.0. The van der Waals surface area contributed by atoms with Gasteiger partial charge in [-0.15, -0.1) is 0 Å². The fourth-order valence-corrected chi connectivity index (χ4v) is 4.64. The van der Waals surface area contributed by atoms with Crippen LogP contribution in [0.2, 0.25) is 0 Å². The zero-order valence-corrected chi connectivity index (χ0v) is 17.2. The first-order valence-corrected chi connectivity index (χ1v) is 10.8. The Labute approximate surface area is 175 Å². The zero-order valence-electron chi connectivity index (χ0n) is 17.2. The van der Waals surface area contributed by atoms with Crippen molar-refractivity contribution in [3.05, 3.63) is 72.3 Å². The standard InChI is InChI=1S/C26H24N4/c1-18-9-11-19(12-10-18)25-21-7-3-4-8-22(21)26-27-23-14-13-20(17-24(23)30(26)28-25)29-15-5-2-6-16-29/h3-4,7-14,17H,2,5-6,15-16H2,1H3. The Bertz CT molecular complexity index is 1380. The summed E-state index contributed by atoms with van der Waals surface area (Å²) >= 11 is 0. The van der Waals surface area contributed by atoms with Gasteiger partial charge in [-0.25, -0.2) is 9.50 Å². The molecule has 1 aliphatic heterocycles. The van der Waals surface area contributed by atoms with E-state index in [1.54, 1.807) is 0 Å². The van der Waals surface area contributed by atoms with Gasteiger partial charge in [0.1, 0.15) is 0 Å². The topological polar surface area (TPSA) is 33.4 Å². The van der Waals surface area contributed by atoms with Crippen LogP contribution in [0.1, 0.15) is 24.8 Å². The Balaban J connectivity index is 1.63. The lowest BCUT2D eigenvalue weighted by molar-refractivity contribution is 0.578. The Hall–Kier alpha value is -3.40. The van der Waals surface area contributed by atoms with Crippen molar-refractivity contribution in [1.82, 2.24) is 14.6 Å². The maximum Gasteiger partial charge on any atom is 0.162 e. The van der Waals surface area contributed by atoms with E-state index in [1.165, 1.54) is 30.5 Å². The first-order valence-electron chi connectivity index (χ1n) is 10.8. The molecule has 1 fully saturated rings. The molecule has 0 atom stereocenters. The summed E-state index contributed by atoms with van der Waals surface area (Å²) in [5.41, 5.74) is 7.65. The number of aromatic nitrogens is 3. The molecule has 6 rings (SSSR count). The predicted molar refractivity (Wildman–Crippen MR) is 124 cm³/mol. The Morgan fingerprint density at radius 3 is 2.37 bits per heavy atom. The van der Waals surface area contributed by atoms with Gasteiger partial charge in [-0.1, -0.05) is 54.1 Å². The molecule has 0 N–H and O–H groups in total. The molecule has 0 aliphatic carbocycles. The second kappa shape index (κ2) is 6.84. The van der Waals surface area contributed by atoms with Crippen molar-refractivity contribution in [2.24, 2.45) is 0 Å². The van der Waals surface area contributed by atoms with E-state index in [-0.39, 0.29) is 0 Å². The lowest BCUT2D eigenvalue weighted by Gasteiger charge is -2.28. The largest absolute Gasteiger partial charge is 0.371 e. The van der Waals surface area contributed by atoms with Gasteiger partial charge < -0.3 is 4.90 Å². The van der Waals surface area contributed by atoms with E-state index in [2.05, 4.69) is 78.6 Å². The fourth-order valence-electron chi connectivity index (χ4n) is 4.64. The zero-order chi connectivity index (χ0) is 20.1. The first-order chi connectivity index (χ1) is 14.8. The second-order valence-corrected chi connectivity index (χ2v) is 8.33. The normalized spacial score (nSPS) is 14.8. The minimum absolute atomic E-state index is 0.923. The molecule has 3 aromatic carbocycles. The quantitative estimate of drug-likeness (QED) is 0.369. The van der Waals surface area contributed by atoms with Crippen LogP contribution in [0.3, 0.4) is 0 Å². The van der Waals surface area contributed by atoms with Gasteiger partial charge in [-0.3, -0.25) is 0 Å². The molecule has 4 heteroatoms. The molecule has 0 spiro atoms. The molecule has 2 aromatic heterocycles. The van der Waals surface area contributed by atoms with Gasteiger partial charge in [0.05, 0.1) is 16.7 Å². The smallest absolute Gasteiger partial charge is 0.162 e. The van der Waals surface area contributed by atoms with Crippen molar-refractivity contribution >= 4 is 33.1 Å². The van der Waals surface area contributed by atoms with Gasteiger partial charge in [-0.2, -0.15) is 5.10 Å². The third-order valence-corrected chi connectivity index (χ3v) is 6.28. The summed E-state index contributed by atoms with van der Waals surface area (Å²) in [4.78, 5) is 7.45. The van der Waals surface area contributed by atoms with E-state index in [0.717, 1.165) is 51.8 Å². The maximum absolute atomic E-state index is 5.11. The molecule has 1 aliphatic rings. The minimum Gasteiger partial charge on any atom is -0.371 e. The van der Waals surface area contributed by atoms with Crippen LogP contribution in [0.15, 0.2) is 66.7 Å². The molecular formula is C26H24N4. The van der Waals surface area contributed by atoms with E-state index in [9.17, 15) is 0 Å². The summed E-state index contributed by atoms with van der Waals surface area (Å²) in [5, 5.41) is 7.39. The van der Waals surface area contributed by atoms with Crippen molar-refractivity contribution in [2.75, 3.05) is 18.0 Å². The summed E-state index contributed by atoms with van der Waals surface area (Å²) in [6.45, 7) is 4.38. The average Bonchev–Trinajstić information content (AvgIpc) is 3.18. The highest BCUT2D eigenvalue weighted by Crippen LogP contribution is 2.32. The molecule has 148 valence electrons. The fraction of sp³-hybridized carbons (Fsp3) is 0.231. The number of piperidine rings is 1. The number of nitrogens with zero attached hydrogens (tertiary/aromatic N) is 4. The Morgan fingerprint density at radius 1 is 0.800 bits per heavy atom. The number of hydrogen-bond donors (Lipinski definition) is 0. The summed E-state index contributed by atoms with van der Waals surface area (Å²) in [5.74, 6) is 0. The van der Waals surface area contributed by atoms with Crippen LogP contribution in [0.4, 0.5) is 5.69 Å². The highest BCUT2D eigenvalue weighted by molar-refractivity contribution is 6.04. The van der Waals surface area contributed by atoms with Gasteiger partial charge in [-0.05, 0) is 44.4 Å². The summed E-state index contributed by atoms with van der Waals surface area (Å²) in [6, 6.07) is 23.7. The van der Waals surface area contributed by atoms with E-state index in [0.29, 0.717) is 0 Å². The maximum atomic E-state index is 5.11. The third-order valence-electron chi connectivity index (χ3n) is 6.28. The van der Waals surface area contributed by atoms with Crippen LogP contribution in [0, 0.1) is 6.92 Å². The number of hydrogen-bond acceptors (Lipinski definition) is 3. The molecule has 5 aromatic rings. The summed E-state index contributed by atoms with van der Waals surface area (Å²) in [7, 11) is 0. The van der Waals surface area contributed by atoms with E-state index >= 15 is 0 Å². The lowest BCUT2D eigenvalue weighted by Crippen LogP contribution is -2.29. The van der Waals surface area contributed by atoms with Gasteiger partial charge in [0, 0.05) is 35.1 Å². The van der Waals surface area contributed by atoms with E-state index < -0.39 is 0 Å². The Morgan fingerprint density at radius 2 is 1.57 bits per heavy atom. The van der Waals surface area contributed by atoms with Gasteiger partial charge in [0.2, 0.25) is 0 Å². The minimum atomic E-state index is 0.923. The molecule has 4 nitrogen and oxygen atoms in total. The molecule has 0 saturated carbocycles. The van der Waals surface area contributed by atoms with Crippen molar-refractivity contribution in [1.29, 1.82) is 0 Å². The van der Waals surface area contributed by atoms with Crippen LogP contribution in [0.25, 0.3) is 38.7 Å². The van der Waals surface area contributed by atoms with Crippen LogP contribution < -0.4 is 4.90 Å². The Kier molecular flexibility index (Phi) is 3.98. The third kappa shape index (κ3) is 2.75. The summed E-state index contributed by atoms with van der Waals surface area (Å²) < 4.78 is 2.04. The van der Waals surface area contributed by atoms with E-state index in [1.807, 2.05) is 4.52 Å². The van der Waals surface area contributed by atoms with Gasteiger partial charge in [0.25, 0.3) is 0 Å². The number of fused-ring (bicyclic) bond motifs is 5. The molecule has 1 saturated heterocycles. The molecule has 3 heterocycles. The molecule has 30 heavy (non-hydrogen) atoms.